The van der Waals surface area contributed by atoms with Crippen LogP contribution in [0.1, 0.15) is 40.0 Å². The largest absolute Gasteiger partial charge is 0.303 e. The van der Waals surface area contributed by atoms with Crippen LogP contribution in [0.4, 0.5) is 0 Å². The van der Waals surface area contributed by atoms with E-state index in [2.05, 4.69) is 24.8 Å². The molecule has 0 heterocycles. The summed E-state index contributed by atoms with van der Waals surface area (Å²) < 4.78 is 0. The zero-order valence-electron chi connectivity index (χ0n) is 8.76. The van der Waals surface area contributed by atoms with E-state index in [0.717, 1.165) is 25.5 Å². The van der Waals surface area contributed by atoms with Gasteiger partial charge in [0.25, 0.3) is 0 Å². The van der Waals surface area contributed by atoms with Gasteiger partial charge in [0.2, 0.25) is 0 Å². The second kappa shape index (κ2) is 7.61. The van der Waals surface area contributed by atoms with Crippen molar-refractivity contribution in [3.05, 3.63) is 11.6 Å². The maximum Gasteiger partial charge on any atom is 0.123 e. The standard InChI is InChI=1S/C12H18O/c1-4-5-6-7-8-11(2)9-12(3)10-13/h8,10,12H,6-7,9H2,1-3H3/b11-8+. The van der Waals surface area contributed by atoms with Gasteiger partial charge in [0, 0.05) is 12.3 Å². The number of hydrogen-bond donors (Lipinski definition) is 0. The van der Waals surface area contributed by atoms with Gasteiger partial charge in [0.15, 0.2) is 0 Å². The fraction of sp³-hybridized carbons (Fsp3) is 0.583. The van der Waals surface area contributed by atoms with Gasteiger partial charge in [0.05, 0.1) is 0 Å². The van der Waals surface area contributed by atoms with Gasteiger partial charge in [-0.25, -0.2) is 0 Å². The molecule has 0 aromatic rings. The third kappa shape index (κ3) is 7.33. The molecule has 13 heavy (non-hydrogen) atoms. The first-order valence-corrected chi connectivity index (χ1v) is 4.71. The zero-order chi connectivity index (χ0) is 10.1. The molecule has 72 valence electrons. The molecule has 1 nitrogen and oxygen atoms in total. The Labute approximate surface area is 81.2 Å². The summed E-state index contributed by atoms with van der Waals surface area (Å²) in [4.78, 5) is 10.4. The highest BCUT2D eigenvalue weighted by Crippen LogP contribution is 2.09. The Morgan fingerprint density at radius 3 is 2.77 bits per heavy atom. The van der Waals surface area contributed by atoms with E-state index in [1.165, 1.54) is 5.57 Å². The van der Waals surface area contributed by atoms with Gasteiger partial charge < -0.3 is 4.79 Å². The lowest BCUT2D eigenvalue weighted by Crippen LogP contribution is -1.95. The van der Waals surface area contributed by atoms with E-state index < -0.39 is 0 Å². The minimum absolute atomic E-state index is 0.147. The van der Waals surface area contributed by atoms with Crippen LogP contribution in [0.3, 0.4) is 0 Å². The molecule has 1 unspecified atom stereocenters. The summed E-state index contributed by atoms with van der Waals surface area (Å²) in [6, 6.07) is 0. The summed E-state index contributed by atoms with van der Waals surface area (Å²) >= 11 is 0. The highest BCUT2D eigenvalue weighted by Gasteiger charge is 1.99. The van der Waals surface area contributed by atoms with Crippen LogP contribution in [0.25, 0.3) is 0 Å². The Bertz CT molecular complexity index is 227. The smallest absolute Gasteiger partial charge is 0.123 e. The van der Waals surface area contributed by atoms with E-state index in [1.54, 1.807) is 0 Å². The zero-order valence-corrected chi connectivity index (χ0v) is 8.76. The molecule has 0 fully saturated rings. The van der Waals surface area contributed by atoms with Crippen LogP contribution in [0.2, 0.25) is 0 Å². The monoisotopic (exact) mass is 178 g/mol. The molecule has 0 aromatic carbocycles. The van der Waals surface area contributed by atoms with Gasteiger partial charge in [-0.3, -0.25) is 0 Å². The summed E-state index contributed by atoms with van der Waals surface area (Å²) in [6.07, 6.45) is 5.97. The summed E-state index contributed by atoms with van der Waals surface area (Å²) in [5.41, 5.74) is 1.29. The highest BCUT2D eigenvalue weighted by molar-refractivity contribution is 5.53. The first-order valence-electron chi connectivity index (χ1n) is 4.71. The van der Waals surface area contributed by atoms with Crippen LogP contribution in [0, 0.1) is 17.8 Å². The average molecular weight is 178 g/mol. The van der Waals surface area contributed by atoms with Crippen molar-refractivity contribution in [1.82, 2.24) is 0 Å². The summed E-state index contributed by atoms with van der Waals surface area (Å²) in [5, 5.41) is 0. The number of rotatable bonds is 5. The minimum Gasteiger partial charge on any atom is -0.303 e. The molecule has 0 aliphatic rings. The molecule has 0 radical (unpaired) electrons. The normalized spacial score (nSPS) is 13.0. The average Bonchev–Trinajstić information content (AvgIpc) is 2.12. The molecule has 1 heteroatoms. The number of allylic oxidation sites excluding steroid dienone is 2. The number of carbonyl (C=O) groups is 1. The lowest BCUT2D eigenvalue weighted by molar-refractivity contribution is -0.110. The van der Waals surface area contributed by atoms with Crippen molar-refractivity contribution in [1.29, 1.82) is 0 Å². The number of hydrogen-bond acceptors (Lipinski definition) is 1. The maximum atomic E-state index is 10.4. The van der Waals surface area contributed by atoms with Crippen molar-refractivity contribution in [3.63, 3.8) is 0 Å². The van der Waals surface area contributed by atoms with Crippen molar-refractivity contribution in [2.24, 2.45) is 5.92 Å². The van der Waals surface area contributed by atoms with Crippen LogP contribution in [0.5, 0.6) is 0 Å². The summed E-state index contributed by atoms with van der Waals surface area (Å²) in [5.74, 6) is 6.01. The first-order chi connectivity index (χ1) is 6.20. The SMILES string of the molecule is CC#CCC/C=C(\C)CC(C)C=O. The molecule has 0 N–H and O–H groups in total. The fourth-order valence-corrected chi connectivity index (χ4v) is 1.16. The molecule has 0 spiro atoms. The molecule has 0 rings (SSSR count). The third-order valence-corrected chi connectivity index (χ3v) is 1.82. The summed E-state index contributed by atoms with van der Waals surface area (Å²) in [7, 11) is 0. The molecular formula is C12H18O. The van der Waals surface area contributed by atoms with Crippen molar-refractivity contribution >= 4 is 6.29 Å². The summed E-state index contributed by atoms with van der Waals surface area (Å²) in [6.45, 7) is 5.86. The van der Waals surface area contributed by atoms with Gasteiger partial charge in [-0.2, -0.15) is 0 Å². The van der Waals surface area contributed by atoms with E-state index in [9.17, 15) is 4.79 Å². The van der Waals surface area contributed by atoms with E-state index >= 15 is 0 Å². The van der Waals surface area contributed by atoms with Crippen molar-refractivity contribution in [2.45, 2.75) is 40.0 Å². The minimum atomic E-state index is 0.147. The van der Waals surface area contributed by atoms with Crippen molar-refractivity contribution in [2.75, 3.05) is 0 Å². The van der Waals surface area contributed by atoms with E-state index in [-0.39, 0.29) is 5.92 Å². The van der Waals surface area contributed by atoms with Crippen molar-refractivity contribution < 1.29 is 4.79 Å². The number of unbranched alkanes of at least 4 members (excludes halogenated alkanes) is 1. The van der Waals surface area contributed by atoms with Crippen LogP contribution in [0.15, 0.2) is 11.6 Å². The lowest BCUT2D eigenvalue weighted by atomic mass is 10.0. The Hall–Kier alpha value is -1.03. The molecule has 0 aliphatic heterocycles. The van der Waals surface area contributed by atoms with Gasteiger partial charge in [-0.05, 0) is 26.7 Å². The maximum absolute atomic E-state index is 10.4. The van der Waals surface area contributed by atoms with Crippen LogP contribution in [-0.2, 0) is 4.79 Å². The predicted molar refractivity (Wildman–Crippen MR) is 56.3 cm³/mol. The van der Waals surface area contributed by atoms with Crippen LogP contribution in [-0.4, -0.2) is 6.29 Å². The van der Waals surface area contributed by atoms with E-state index in [4.69, 9.17) is 0 Å². The van der Waals surface area contributed by atoms with E-state index in [0.29, 0.717) is 0 Å². The Morgan fingerprint density at radius 2 is 2.23 bits per heavy atom. The first kappa shape index (κ1) is 12.0. The quantitative estimate of drug-likeness (QED) is 0.274. The third-order valence-electron chi connectivity index (χ3n) is 1.82. The van der Waals surface area contributed by atoms with Crippen LogP contribution < -0.4 is 0 Å². The van der Waals surface area contributed by atoms with Gasteiger partial charge >= 0.3 is 0 Å². The van der Waals surface area contributed by atoms with E-state index in [1.807, 2.05) is 13.8 Å². The van der Waals surface area contributed by atoms with Crippen LogP contribution >= 0.6 is 0 Å². The molecular weight excluding hydrogens is 160 g/mol. The highest BCUT2D eigenvalue weighted by atomic mass is 16.1. The predicted octanol–water partition coefficient (Wildman–Crippen LogP) is 2.96. The topological polar surface area (TPSA) is 17.1 Å². The Kier molecular flexibility index (Phi) is 7.01. The fourth-order valence-electron chi connectivity index (χ4n) is 1.16. The molecule has 0 amide bonds. The van der Waals surface area contributed by atoms with Crippen molar-refractivity contribution in [3.8, 4) is 11.8 Å². The Balaban J connectivity index is 3.72. The molecule has 1 atom stereocenters. The molecule has 0 saturated heterocycles. The lowest BCUT2D eigenvalue weighted by Gasteiger charge is -2.02. The number of aldehydes is 1. The second-order valence-corrected chi connectivity index (χ2v) is 3.33. The second-order valence-electron chi connectivity index (χ2n) is 3.33. The van der Waals surface area contributed by atoms with Gasteiger partial charge in [-0.1, -0.05) is 18.6 Å². The molecule has 0 aromatic heterocycles. The molecule has 0 aliphatic carbocycles. The number of carbonyl (C=O) groups excluding carboxylic acids is 1. The Morgan fingerprint density at radius 1 is 1.54 bits per heavy atom. The molecule has 0 saturated carbocycles. The van der Waals surface area contributed by atoms with Gasteiger partial charge in [-0.15, -0.1) is 11.8 Å². The van der Waals surface area contributed by atoms with Gasteiger partial charge in [0.1, 0.15) is 6.29 Å². The molecule has 0 bridgehead atoms.